The number of hydrogen-bond donors (Lipinski definition) is 0. The topological polar surface area (TPSA) is 77.4 Å². The number of fused-ring (bicyclic) bond motifs is 3. The van der Waals surface area contributed by atoms with Gasteiger partial charge in [0.25, 0.3) is 0 Å². The van der Waals surface area contributed by atoms with Crippen LogP contribution in [0, 0.1) is 0 Å². The predicted molar refractivity (Wildman–Crippen MR) is 130 cm³/mol. The van der Waals surface area contributed by atoms with Crippen LogP contribution in [-0.4, -0.2) is 34.0 Å². The second-order valence-corrected chi connectivity index (χ2v) is 9.06. The van der Waals surface area contributed by atoms with Gasteiger partial charge in [-0.2, -0.15) is 4.98 Å². The molecule has 3 aromatic rings. The van der Waals surface area contributed by atoms with E-state index in [-0.39, 0.29) is 5.91 Å². The van der Waals surface area contributed by atoms with E-state index >= 15 is 0 Å². The van der Waals surface area contributed by atoms with Crippen LogP contribution in [0.15, 0.2) is 47.6 Å². The number of aromatic nitrogens is 3. The first-order chi connectivity index (χ1) is 16.0. The minimum absolute atomic E-state index is 0.204. The average Bonchev–Trinajstić information content (AvgIpc) is 2.96. The van der Waals surface area contributed by atoms with Crippen LogP contribution < -0.4 is 14.4 Å². The fourth-order valence-corrected chi connectivity index (χ4v) is 4.69. The Morgan fingerprint density at radius 2 is 2.03 bits per heavy atom. The number of methoxy groups -OCH3 is 1. The molecule has 2 aromatic carbocycles. The number of carbonyl (C=O) groups is 1. The van der Waals surface area contributed by atoms with E-state index in [4.69, 9.17) is 21.1 Å². The summed E-state index contributed by atoms with van der Waals surface area (Å²) in [5.41, 5.74) is 2.46. The molecule has 1 aliphatic rings. The number of ether oxygens (including phenoxy) is 2. The fourth-order valence-electron chi connectivity index (χ4n) is 3.73. The molecule has 0 spiro atoms. The van der Waals surface area contributed by atoms with Crippen molar-refractivity contribution in [3.8, 4) is 22.9 Å². The molecule has 9 heteroatoms. The molecule has 1 aromatic heterocycles. The molecular weight excluding hydrogens is 460 g/mol. The standard InChI is InChI=1S/C24H25ClN4O3S/c1-4-5-8-13-33-24-26-22-21(27-28-24)17-9-6-7-10-19(17)29(15(2)30)23(32-22)18-14-16(25)11-12-20(18)31-3/h6-7,9-12,14,23H,4-5,8,13H2,1-3H3/t23-/m1/s1. The van der Waals surface area contributed by atoms with Crippen LogP contribution in [0.25, 0.3) is 11.3 Å². The third kappa shape index (κ3) is 4.91. The van der Waals surface area contributed by atoms with Crippen LogP contribution >= 0.6 is 23.4 Å². The summed E-state index contributed by atoms with van der Waals surface area (Å²) in [6.45, 7) is 3.66. The van der Waals surface area contributed by atoms with Gasteiger partial charge < -0.3 is 9.47 Å². The van der Waals surface area contributed by atoms with E-state index in [0.717, 1.165) is 25.0 Å². The van der Waals surface area contributed by atoms with E-state index in [1.165, 1.54) is 6.92 Å². The van der Waals surface area contributed by atoms with E-state index in [2.05, 4.69) is 22.1 Å². The van der Waals surface area contributed by atoms with E-state index in [9.17, 15) is 4.79 Å². The maximum absolute atomic E-state index is 12.9. The number of para-hydroxylation sites is 1. The Balaban J connectivity index is 1.85. The van der Waals surface area contributed by atoms with E-state index in [1.807, 2.05) is 24.3 Å². The first-order valence-corrected chi connectivity index (χ1v) is 12.2. The first-order valence-electron chi connectivity index (χ1n) is 10.8. The van der Waals surface area contributed by atoms with Crippen LogP contribution in [0.4, 0.5) is 5.69 Å². The molecule has 172 valence electrons. The van der Waals surface area contributed by atoms with Gasteiger partial charge in [-0.1, -0.05) is 61.3 Å². The van der Waals surface area contributed by atoms with E-state index < -0.39 is 6.23 Å². The zero-order chi connectivity index (χ0) is 23.4. The van der Waals surface area contributed by atoms with Crippen molar-refractivity contribution in [2.24, 2.45) is 0 Å². The number of unbranched alkanes of at least 4 members (excludes halogenated alkanes) is 2. The zero-order valence-corrected chi connectivity index (χ0v) is 20.3. The molecule has 0 fully saturated rings. The Morgan fingerprint density at radius 1 is 1.21 bits per heavy atom. The molecule has 1 atom stereocenters. The molecule has 0 aliphatic carbocycles. The van der Waals surface area contributed by atoms with Crippen molar-refractivity contribution in [1.82, 2.24) is 15.2 Å². The van der Waals surface area contributed by atoms with Crippen molar-refractivity contribution in [1.29, 1.82) is 0 Å². The Labute approximate surface area is 202 Å². The smallest absolute Gasteiger partial charge is 0.247 e. The predicted octanol–water partition coefficient (Wildman–Crippen LogP) is 5.93. The maximum atomic E-state index is 12.9. The summed E-state index contributed by atoms with van der Waals surface area (Å²) in [4.78, 5) is 19.2. The van der Waals surface area contributed by atoms with Gasteiger partial charge in [-0.3, -0.25) is 9.69 Å². The summed E-state index contributed by atoms with van der Waals surface area (Å²) >= 11 is 7.86. The molecule has 1 amide bonds. The zero-order valence-electron chi connectivity index (χ0n) is 18.7. The summed E-state index contributed by atoms with van der Waals surface area (Å²) in [6, 6.07) is 12.7. The molecule has 0 N–H and O–H groups in total. The number of benzene rings is 2. The molecule has 0 bridgehead atoms. The number of halogens is 1. The molecule has 7 nitrogen and oxygen atoms in total. The molecule has 33 heavy (non-hydrogen) atoms. The average molecular weight is 485 g/mol. The van der Waals surface area contributed by atoms with Crippen molar-refractivity contribution in [2.45, 2.75) is 44.5 Å². The summed E-state index contributed by atoms with van der Waals surface area (Å²) in [5.74, 6) is 1.55. The minimum atomic E-state index is -0.854. The quantitative estimate of drug-likeness (QED) is 0.304. The molecule has 2 heterocycles. The Kier molecular flexibility index (Phi) is 7.35. The fraction of sp³-hybridized carbons (Fsp3) is 0.333. The van der Waals surface area contributed by atoms with Gasteiger partial charge in [0.2, 0.25) is 23.2 Å². The molecule has 4 rings (SSSR count). The van der Waals surface area contributed by atoms with E-state index in [1.54, 1.807) is 42.0 Å². The number of hydrogen-bond acceptors (Lipinski definition) is 7. The number of carbonyl (C=O) groups excluding carboxylic acids is 1. The van der Waals surface area contributed by atoms with Crippen LogP contribution in [-0.2, 0) is 4.79 Å². The maximum Gasteiger partial charge on any atom is 0.247 e. The van der Waals surface area contributed by atoms with Gasteiger partial charge in [0.05, 0.1) is 18.4 Å². The third-order valence-corrected chi connectivity index (χ3v) is 6.45. The van der Waals surface area contributed by atoms with Crippen molar-refractivity contribution in [3.05, 3.63) is 53.1 Å². The highest BCUT2D eigenvalue weighted by Gasteiger charge is 2.36. The van der Waals surface area contributed by atoms with Crippen LogP contribution in [0.3, 0.4) is 0 Å². The Hall–Kier alpha value is -2.84. The number of amides is 1. The Morgan fingerprint density at radius 3 is 2.79 bits per heavy atom. The lowest BCUT2D eigenvalue weighted by Gasteiger charge is -2.30. The minimum Gasteiger partial charge on any atom is -0.496 e. The van der Waals surface area contributed by atoms with Gasteiger partial charge >= 0.3 is 0 Å². The number of anilines is 1. The summed E-state index contributed by atoms with van der Waals surface area (Å²) in [5, 5.41) is 9.81. The largest absolute Gasteiger partial charge is 0.496 e. The molecule has 0 unspecified atom stereocenters. The van der Waals surface area contributed by atoms with Crippen LogP contribution in [0.1, 0.15) is 44.9 Å². The second kappa shape index (κ2) is 10.4. The summed E-state index contributed by atoms with van der Waals surface area (Å²) in [6.07, 6.45) is 2.52. The second-order valence-electron chi connectivity index (χ2n) is 7.57. The molecular formula is C24H25ClN4O3S. The third-order valence-electron chi connectivity index (χ3n) is 5.29. The lowest BCUT2D eigenvalue weighted by molar-refractivity contribution is -0.118. The highest BCUT2D eigenvalue weighted by Crippen LogP contribution is 2.45. The first kappa shape index (κ1) is 23.3. The van der Waals surface area contributed by atoms with Crippen LogP contribution in [0.2, 0.25) is 5.02 Å². The molecule has 0 radical (unpaired) electrons. The summed E-state index contributed by atoms with van der Waals surface area (Å²) < 4.78 is 12.0. The number of nitrogens with zero attached hydrogens (tertiary/aromatic N) is 4. The summed E-state index contributed by atoms with van der Waals surface area (Å²) in [7, 11) is 1.57. The van der Waals surface area contributed by atoms with Crippen molar-refractivity contribution < 1.29 is 14.3 Å². The van der Waals surface area contributed by atoms with Crippen LogP contribution in [0.5, 0.6) is 11.6 Å². The highest BCUT2D eigenvalue weighted by atomic mass is 35.5. The highest BCUT2D eigenvalue weighted by molar-refractivity contribution is 7.99. The molecule has 0 saturated heterocycles. The monoisotopic (exact) mass is 484 g/mol. The lowest BCUT2D eigenvalue weighted by atomic mass is 10.1. The van der Waals surface area contributed by atoms with Gasteiger partial charge in [0.1, 0.15) is 5.75 Å². The van der Waals surface area contributed by atoms with E-state index in [0.29, 0.717) is 44.3 Å². The van der Waals surface area contributed by atoms with Gasteiger partial charge in [-0.05, 0) is 30.7 Å². The molecule has 0 saturated carbocycles. The van der Waals surface area contributed by atoms with Crippen molar-refractivity contribution in [2.75, 3.05) is 17.8 Å². The molecule has 1 aliphatic heterocycles. The van der Waals surface area contributed by atoms with Crippen molar-refractivity contribution in [3.63, 3.8) is 0 Å². The number of rotatable bonds is 7. The Bertz CT molecular complexity index is 1160. The van der Waals surface area contributed by atoms with Crippen molar-refractivity contribution >= 4 is 35.0 Å². The van der Waals surface area contributed by atoms with Gasteiger partial charge in [-0.25, -0.2) is 0 Å². The van der Waals surface area contributed by atoms with Gasteiger partial charge in [-0.15, -0.1) is 10.2 Å². The van der Waals surface area contributed by atoms with Gasteiger partial charge in [0.15, 0.2) is 5.69 Å². The number of thioether (sulfide) groups is 1. The lowest BCUT2D eigenvalue weighted by Crippen LogP contribution is -2.36. The van der Waals surface area contributed by atoms with Gasteiger partial charge in [0, 0.05) is 23.3 Å². The SMILES string of the molecule is CCCCCSc1nnc2c(n1)O[C@H](c1cc(Cl)ccc1OC)N(C(C)=O)c1ccccc1-2. The normalized spacial score (nSPS) is 14.7.